The van der Waals surface area contributed by atoms with Gasteiger partial charge in [0.15, 0.2) is 0 Å². The predicted molar refractivity (Wildman–Crippen MR) is 183 cm³/mol. The Balaban J connectivity index is 0.000000387. The normalized spacial score (nSPS) is 12.7. The summed E-state index contributed by atoms with van der Waals surface area (Å²) in [5.74, 6) is -0.0489. The number of benzene rings is 3. The highest BCUT2D eigenvalue weighted by molar-refractivity contribution is 5.38. The van der Waals surface area contributed by atoms with Gasteiger partial charge in [0.05, 0.1) is 18.8 Å². The third kappa shape index (κ3) is 16.9. The Bertz CT molecular complexity index is 1210. The van der Waals surface area contributed by atoms with Gasteiger partial charge in [-0.1, -0.05) is 49.2 Å². The maximum atomic E-state index is 10.2. The molecule has 0 aromatic heterocycles. The van der Waals surface area contributed by atoms with Crippen LogP contribution in [0, 0.1) is 0 Å². The number of rotatable bonds is 19. The summed E-state index contributed by atoms with van der Waals surface area (Å²) in [4.78, 5) is 0. The van der Waals surface area contributed by atoms with Crippen LogP contribution in [0.5, 0.6) is 17.2 Å². The molecule has 0 aliphatic rings. The molecular weight excluding hydrogens is 584 g/mol. The number of hydrogen-bond acceptors (Lipinski definition) is 9. The fraction of sp³-hybridized carbons (Fsp3) is 0.514. The zero-order chi connectivity index (χ0) is 33.8. The number of phenols is 3. The van der Waals surface area contributed by atoms with Crippen LogP contribution in [-0.4, -0.2) is 69.0 Å². The first-order chi connectivity index (χ1) is 22.0. The molecule has 0 aliphatic carbocycles. The van der Waals surface area contributed by atoms with E-state index in [1.54, 1.807) is 12.1 Å². The molecule has 0 spiro atoms. The summed E-state index contributed by atoms with van der Waals surface area (Å²) in [6.07, 6.45) is 6.49. The first-order valence-corrected chi connectivity index (χ1v) is 16.4. The standard InChI is InChI=1S/C25H37NO4.C12H19NO3/c27-20-23-18-22(13-14-24(23)28)25(29)19-26-15-7-1-2-8-16-30-17-9-6-12-21-10-4-3-5-11-21;1-12(2,3)13-7-11(16)8-4-9(14)6-10(15)5-8/h3-5,10-11,13-14,18,25-29H,1-2,6-9,12,15-17,19-20H2;4-6,11,13-16H,7H2,1-3H3. The minimum absolute atomic E-state index is 0.0511. The second-order valence-corrected chi connectivity index (χ2v) is 12.7. The van der Waals surface area contributed by atoms with Gasteiger partial charge in [-0.3, -0.25) is 0 Å². The summed E-state index contributed by atoms with van der Waals surface area (Å²) in [6.45, 7) is 9.14. The molecule has 0 heterocycles. The highest BCUT2D eigenvalue weighted by Gasteiger charge is 2.15. The van der Waals surface area contributed by atoms with Gasteiger partial charge in [-0.2, -0.15) is 0 Å². The van der Waals surface area contributed by atoms with Gasteiger partial charge in [-0.15, -0.1) is 0 Å². The molecule has 3 aromatic rings. The molecule has 0 fully saturated rings. The summed E-state index contributed by atoms with van der Waals surface area (Å²) in [5.41, 5.74) is 2.95. The van der Waals surface area contributed by atoms with Crippen molar-refractivity contribution in [2.75, 3.05) is 32.8 Å². The van der Waals surface area contributed by atoms with E-state index in [0.29, 0.717) is 29.8 Å². The van der Waals surface area contributed by atoms with E-state index in [4.69, 9.17) is 4.74 Å². The maximum Gasteiger partial charge on any atom is 0.121 e. The number of hydrogen-bond donors (Lipinski definition) is 8. The van der Waals surface area contributed by atoms with Gasteiger partial charge in [-0.25, -0.2) is 0 Å². The number of aryl methyl sites for hydroxylation is 1. The van der Waals surface area contributed by atoms with Crippen molar-refractivity contribution in [2.24, 2.45) is 0 Å². The average molecular weight is 641 g/mol. The van der Waals surface area contributed by atoms with Crippen LogP contribution in [-0.2, 0) is 17.8 Å². The van der Waals surface area contributed by atoms with Crippen LogP contribution in [0.25, 0.3) is 0 Å². The molecule has 46 heavy (non-hydrogen) atoms. The van der Waals surface area contributed by atoms with Crippen molar-refractivity contribution in [3.05, 3.63) is 89.0 Å². The first kappa shape index (κ1) is 39.0. The van der Waals surface area contributed by atoms with Gasteiger partial charge < -0.3 is 46.0 Å². The molecule has 9 heteroatoms. The second kappa shape index (κ2) is 21.6. The number of nitrogens with one attached hydrogen (secondary N) is 2. The molecule has 0 saturated carbocycles. The number of unbranched alkanes of at least 4 members (excludes halogenated alkanes) is 4. The van der Waals surface area contributed by atoms with Gasteiger partial charge in [0, 0.05) is 43.5 Å². The van der Waals surface area contributed by atoms with Crippen LogP contribution in [0.3, 0.4) is 0 Å². The first-order valence-electron chi connectivity index (χ1n) is 16.4. The minimum atomic E-state index is -0.753. The zero-order valence-electron chi connectivity index (χ0n) is 27.8. The third-order valence-electron chi connectivity index (χ3n) is 7.37. The fourth-order valence-electron chi connectivity index (χ4n) is 4.71. The smallest absolute Gasteiger partial charge is 0.121 e. The Morgan fingerprint density at radius 2 is 1.33 bits per heavy atom. The largest absolute Gasteiger partial charge is 0.508 e. The van der Waals surface area contributed by atoms with E-state index in [0.717, 1.165) is 58.3 Å². The molecule has 8 N–H and O–H groups in total. The summed E-state index contributed by atoms with van der Waals surface area (Å²) >= 11 is 0. The van der Waals surface area contributed by atoms with Crippen molar-refractivity contribution in [1.29, 1.82) is 0 Å². The summed E-state index contributed by atoms with van der Waals surface area (Å²) in [7, 11) is 0. The van der Waals surface area contributed by atoms with Gasteiger partial charge in [0.25, 0.3) is 0 Å². The minimum Gasteiger partial charge on any atom is -0.508 e. The molecule has 9 nitrogen and oxygen atoms in total. The van der Waals surface area contributed by atoms with E-state index in [9.17, 15) is 30.6 Å². The highest BCUT2D eigenvalue weighted by Crippen LogP contribution is 2.25. The van der Waals surface area contributed by atoms with Gasteiger partial charge >= 0.3 is 0 Å². The SMILES string of the molecule is CC(C)(C)NCC(O)c1cc(O)cc(O)c1.OCc1cc(C(O)CNCCCCCCOCCCCc2ccccc2)ccc1O. The van der Waals surface area contributed by atoms with Crippen LogP contribution in [0.4, 0.5) is 0 Å². The lowest BCUT2D eigenvalue weighted by Crippen LogP contribution is -2.38. The Labute approximate surface area is 274 Å². The molecule has 2 atom stereocenters. The maximum absolute atomic E-state index is 10.2. The molecule has 0 radical (unpaired) electrons. The van der Waals surface area contributed by atoms with E-state index in [1.165, 1.54) is 36.2 Å². The number of ether oxygens (including phenoxy) is 1. The molecule has 0 amide bonds. The van der Waals surface area contributed by atoms with Crippen molar-refractivity contribution in [1.82, 2.24) is 10.6 Å². The Kier molecular flexibility index (Phi) is 18.3. The predicted octanol–water partition coefficient (Wildman–Crippen LogP) is 5.63. The van der Waals surface area contributed by atoms with Crippen LogP contribution in [0.2, 0.25) is 0 Å². The molecule has 3 aromatic carbocycles. The number of phenolic OH excluding ortho intramolecular Hbond substituents is 2. The van der Waals surface area contributed by atoms with Gasteiger partial charge in [-0.05, 0) is 100 Å². The van der Waals surface area contributed by atoms with E-state index < -0.39 is 12.2 Å². The van der Waals surface area contributed by atoms with Crippen molar-refractivity contribution >= 4 is 0 Å². The summed E-state index contributed by atoms with van der Waals surface area (Å²) in [5, 5.41) is 63.8. The molecule has 256 valence electrons. The summed E-state index contributed by atoms with van der Waals surface area (Å²) in [6, 6.07) is 19.5. The van der Waals surface area contributed by atoms with Gasteiger partial charge in [0.1, 0.15) is 17.2 Å². The van der Waals surface area contributed by atoms with Crippen molar-refractivity contribution in [2.45, 2.75) is 90.1 Å². The van der Waals surface area contributed by atoms with E-state index in [-0.39, 0.29) is 29.4 Å². The van der Waals surface area contributed by atoms with E-state index in [2.05, 4.69) is 41.0 Å². The Hall–Kier alpha value is -3.18. The molecule has 0 saturated heterocycles. The van der Waals surface area contributed by atoms with Crippen LogP contribution in [0.15, 0.2) is 66.7 Å². The third-order valence-corrected chi connectivity index (χ3v) is 7.37. The zero-order valence-corrected chi connectivity index (χ0v) is 27.8. The van der Waals surface area contributed by atoms with Crippen molar-refractivity contribution in [3.8, 4) is 17.2 Å². The molecule has 3 rings (SSSR count). The topological polar surface area (TPSA) is 155 Å². The number of aliphatic hydroxyl groups is 3. The van der Waals surface area contributed by atoms with Crippen molar-refractivity contribution < 1.29 is 35.4 Å². The molecule has 0 bridgehead atoms. The number of β-amino-alcohol motifs (C(OH)–C–C–N with tert-alkyl or cyclic N) is 1. The van der Waals surface area contributed by atoms with Gasteiger partial charge in [0.2, 0.25) is 0 Å². The molecule has 2 unspecified atom stereocenters. The molecular formula is C37H56N2O7. The Morgan fingerprint density at radius 3 is 1.98 bits per heavy atom. The van der Waals surface area contributed by atoms with Crippen LogP contribution in [0.1, 0.15) is 93.8 Å². The Morgan fingerprint density at radius 1 is 0.696 bits per heavy atom. The van der Waals surface area contributed by atoms with Crippen LogP contribution < -0.4 is 10.6 Å². The average Bonchev–Trinajstić information content (AvgIpc) is 3.02. The number of aromatic hydroxyl groups is 3. The van der Waals surface area contributed by atoms with E-state index >= 15 is 0 Å². The van der Waals surface area contributed by atoms with Crippen molar-refractivity contribution in [3.63, 3.8) is 0 Å². The quantitative estimate of drug-likeness (QED) is 0.0779. The van der Waals surface area contributed by atoms with Crippen LogP contribution >= 0.6 is 0 Å². The lowest BCUT2D eigenvalue weighted by atomic mass is 10.1. The lowest BCUT2D eigenvalue weighted by Gasteiger charge is -2.23. The second-order valence-electron chi connectivity index (χ2n) is 12.7. The van der Waals surface area contributed by atoms with E-state index in [1.807, 2.05) is 20.8 Å². The highest BCUT2D eigenvalue weighted by atomic mass is 16.5. The number of aliphatic hydroxyl groups excluding tert-OH is 3. The lowest BCUT2D eigenvalue weighted by molar-refractivity contribution is 0.126. The summed E-state index contributed by atoms with van der Waals surface area (Å²) < 4.78 is 5.72. The monoisotopic (exact) mass is 640 g/mol. The fourth-order valence-corrected chi connectivity index (χ4v) is 4.71. The molecule has 0 aliphatic heterocycles.